The molecule has 0 aliphatic rings. The van der Waals surface area contributed by atoms with Gasteiger partial charge < -0.3 is 0 Å². The molecule has 0 saturated heterocycles. The standard InChI is InChI=1S/C41H27N3S/c1-4-11-28(12-5-1)29-19-23-32(24-20-29)37-27-36(31-13-6-2-7-14-31)42-40(43-37)33-25-21-30(22-26-33)35-17-10-18-38-39(35)44-41(45-38)34-15-8-3-9-16-34/h1-27H. The molecule has 0 N–H and O–H groups in total. The second kappa shape index (κ2) is 11.8. The van der Waals surface area contributed by atoms with E-state index in [0.29, 0.717) is 5.82 Å². The Morgan fingerprint density at radius 1 is 0.356 bits per heavy atom. The number of aromatic nitrogens is 3. The number of para-hydroxylation sites is 1. The Balaban J connectivity index is 1.17. The van der Waals surface area contributed by atoms with Crippen molar-refractivity contribution in [1.82, 2.24) is 15.0 Å². The van der Waals surface area contributed by atoms with Gasteiger partial charge in [0.2, 0.25) is 0 Å². The highest BCUT2D eigenvalue weighted by Gasteiger charge is 2.14. The Labute approximate surface area is 266 Å². The predicted octanol–water partition coefficient (Wildman–Crippen LogP) is 11.1. The van der Waals surface area contributed by atoms with Crippen molar-refractivity contribution in [3.8, 4) is 66.7 Å². The normalized spacial score (nSPS) is 11.1. The molecule has 2 heterocycles. The maximum atomic E-state index is 5.07. The van der Waals surface area contributed by atoms with E-state index in [-0.39, 0.29) is 0 Å². The van der Waals surface area contributed by atoms with E-state index in [4.69, 9.17) is 15.0 Å². The zero-order valence-electron chi connectivity index (χ0n) is 24.3. The summed E-state index contributed by atoms with van der Waals surface area (Å²) in [7, 11) is 0. The first-order valence-electron chi connectivity index (χ1n) is 14.9. The van der Waals surface area contributed by atoms with Crippen LogP contribution in [0.3, 0.4) is 0 Å². The molecule has 6 aromatic carbocycles. The lowest BCUT2D eigenvalue weighted by atomic mass is 10.0. The van der Waals surface area contributed by atoms with Crippen LogP contribution >= 0.6 is 11.3 Å². The summed E-state index contributed by atoms with van der Waals surface area (Å²) in [6, 6.07) is 56.7. The first-order valence-corrected chi connectivity index (χ1v) is 15.8. The van der Waals surface area contributed by atoms with Gasteiger partial charge in [0.1, 0.15) is 5.01 Å². The predicted molar refractivity (Wildman–Crippen MR) is 188 cm³/mol. The molecular weight excluding hydrogens is 567 g/mol. The summed E-state index contributed by atoms with van der Waals surface area (Å²) in [4.78, 5) is 15.2. The van der Waals surface area contributed by atoms with Crippen molar-refractivity contribution in [3.63, 3.8) is 0 Å². The molecule has 8 aromatic rings. The average Bonchev–Trinajstić information content (AvgIpc) is 3.58. The minimum atomic E-state index is 0.697. The maximum absolute atomic E-state index is 5.07. The zero-order chi connectivity index (χ0) is 30.0. The fourth-order valence-electron chi connectivity index (χ4n) is 5.63. The van der Waals surface area contributed by atoms with Gasteiger partial charge in [-0.1, -0.05) is 152 Å². The van der Waals surface area contributed by atoms with Gasteiger partial charge in [-0.25, -0.2) is 15.0 Å². The Morgan fingerprint density at radius 2 is 0.844 bits per heavy atom. The number of thiazole rings is 1. The van der Waals surface area contributed by atoms with Crippen LogP contribution in [0.5, 0.6) is 0 Å². The topological polar surface area (TPSA) is 38.7 Å². The van der Waals surface area contributed by atoms with Gasteiger partial charge in [0.15, 0.2) is 5.82 Å². The number of rotatable bonds is 6. The van der Waals surface area contributed by atoms with Crippen LogP contribution in [0.25, 0.3) is 76.9 Å². The highest BCUT2D eigenvalue weighted by atomic mass is 32.1. The van der Waals surface area contributed by atoms with Gasteiger partial charge in [-0.3, -0.25) is 0 Å². The van der Waals surface area contributed by atoms with Crippen molar-refractivity contribution in [3.05, 3.63) is 164 Å². The molecule has 0 saturated carbocycles. The molecular formula is C41H27N3S. The van der Waals surface area contributed by atoms with Crippen molar-refractivity contribution >= 4 is 21.6 Å². The number of hydrogen-bond acceptors (Lipinski definition) is 4. The van der Waals surface area contributed by atoms with Gasteiger partial charge in [0.25, 0.3) is 0 Å². The SMILES string of the molecule is c1ccc(-c2ccc(-c3cc(-c4ccccc4)nc(-c4ccc(-c5cccc6sc(-c7ccccc7)nc56)cc4)n3)cc2)cc1. The first kappa shape index (κ1) is 26.9. The quantitative estimate of drug-likeness (QED) is 0.192. The summed E-state index contributed by atoms with van der Waals surface area (Å²) < 4.78 is 1.18. The van der Waals surface area contributed by atoms with Crippen LogP contribution in [0.2, 0.25) is 0 Å². The van der Waals surface area contributed by atoms with Crippen molar-refractivity contribution in [1.29, 1.82) is 0 Å². The Bertz CT molecular complexity index is 2220. The van der Waals surface area contributed by atoms with Crippen LogP contribution in [0.1, 0.15) is 0 Å². The summed E-state index contributed by atoms with van der Waals surface area (Å²) >= 11 is 1.73. The average molecular weight is 594 g/mol. The summed E-state index contributed by atoms with van der Waals surface area (Å²) in [5.41, 5.74) is 11.6. The van der Waals surface area contributed by atoms with E-state index in [1.54, 1.807) is 11.3 Å². The largest absolute Gasteiger partial charge is 0.235 e. The lowest BCUT2D eigenvalue weighted by molar-refractivity contribution is 1.18. The van der Waals surface area contributed by atoms with Gasteiger partial charge in [-0.2, -0.15) is 0 Å². The fraction of sp³-hybridized carbons (Fsp3) is 0. The molecule has 0 aliphatic carbocycles. The third-order valence-electron chi connectivity index (χ3n) is 7.98. The van der Waals surface area contributed by atoms with E-state index in [2.05, 4.69) is 133 Å². The molecule has 0 radical (unpaired) electrons. The number of fused-ring (bicyclic) bond motifs is 1. The molecule has 2 aromatic heterocycles. The molecule has 0 unspecified atom stereocenters. The number of benzene rings is 6. The lowest BCUT2D eigenvalue weighted by Crippen LogP contribution is -1.96. The monoisotopic (exact) mass is 593 g/mol. The van der Waals surface area contributed by atoms with Crippen molar-refractivity contribution < 1.29 is 0 Å². The van der Waals surface area contributed by atoms with Crippen LogP contribution in [0.15, 0.2) is 164 Å². The van der Waals surface area contributed by atoms with E-state index in [1.807, 2.05) is 30.3 Å². The fourth-order valence-corrected chi connectivity index (χ4v) is 6.63. The Kier molecular flexibility index (Phi) is 7.02. The first-order chi connectivity index (χ1) is 22.3. The third kappa shape index (κ3) is 5.44. The Hall–Kier alpha value is -5.71. The summed E-state index contributed by atoms with van der Waals surface area (Å²) in [6.07, 6.45) is 0. The van der Waals surface area contributed by atoms with E-state index in [0.717, 1.165) is 55.3 Å². The molecule has 212 valence electrons. The van der Waals surface area contributed by atoms with Crippen molar-refractivity contribution in [2.24, 2.45) is 0 Å². The van der Waals surface area contributed by atoms with Gasteiger partial charge >= 0.3 is 0 Å². The van der Waals surface area contributed by atoms with E-state index in [1.165, 1.54) is 15.8 Å². The van der Waals surface area contributed by atoms with Crippen molar-refractivity contribution in [2.75, 3.05) is 0 Å². The molecule has 0 aliphatic heterocycles. The Morgan fingerprint density at radius 3 is 1.49 bits per heavy atom. The van der Waals surface area contributed by atoms with Crippen LogP contribution < -0.4 is 0 Å². The molecule has 8 rings (SSSR count). The zero-order valence-corrected chi connectivity index (χ0v) is 25.2. The number of hydrogen-bond donors (Lipinski definition) is 0. The number of nitrogens with zero attached hydrogens (tertiary/aromatic N) is 3. The van der Waals surface area contributed by atoms with Gasteiger partial charge in [-0.05, 0) is 28.8 Å². The second-order valence-electron chi connectivity index (χ2n) is 10.9. The van der Waals surface area contributed by atoms with Crippen LogP contribution in [-0.2, 0) is 0 Å². The smallest absolute Gasteiger partial charge is 0.160 e. The molecule has 4 heteroatoms. The maximum Gasteiger partial charge on any atom is 0.160 e. The van der Waals surface area contributed by atoms with Gasteiger partial charge in [0, 0.05) is 27.8 Å². The van der Waals surface area contributed by atoms with Gasteiger partial charge in [0.05, 0.1) is 21.6 Å². The van der Waals surface area contributed by atoms with Crippen LogP contribution in [0.4, 0.5) is 0 Å². The minimum Gasteiger partial charge on any atom is -0.235 e. The van der Waals surface area contributed by atoms with E-state index in [9.17, 15) is 0 Å². The highest BCUT2D eigenvalue weighted by Crippen LogP contribution is 2.36. The van der Waals surface area contributed by atoms with Crippen LogP contribution in [0, 0.1) is 0 Å². The summed E-state index contributed by atoms with van der Waals surface area (Å²) in [6.45, 7) is 0. The minimum absolute atomic E-state index is 0.697. The molecule has 0 bridgehead atoms. The lowest BCUT2D eigenvalue weighted by Gasteiger charge is -2.11. The molecule has 0 fully saturated rings. The van der Waals surface area contributed by atoms with Crippen molar-refractivity contribution in [2.45, 2.75) is 0 Å². The van der Waals surface area contributed by atoms with Crippen LogP contribution in [-0.4, -0.2) is 15.0 Å². The molecule has 3 nitrogen and oxygen atoms in total. The van der Waals surface area contributed by atoms with E-state index >= 15 is 0 Å². The summed E-state index contributed by atoms with van der Waals surface area (Å²) in [5, 5.41) is 1.03. The third-order valence-corrected chi connectivity index (χ3v) is 9.05. The van der Waals surface area contributed by atoms with E-state index < -0.39 is 0 Å². The summed E-state index contributed by atoms with van der Waals surface area (Å²) in [5.74, 6) is 0.697. The molecule has 0 spiro atoms. The van der Waals surface area contributed by atoms with Gasteiger partial charge in [-0.15, -0.1) is 11.3 Å². The second-order valence-corrected chi connectivity index (χ2v) is 11.9. The molecule has 0 amide bonds. The highest BCUT2D eigenvalue weighted by molar-refractivity contribution is 7.21. The molecule has 0 atom stereocenters. The molecule has 45 heavy (non-hydrogen) atoms.